The number of nitrogens with zero attached hydrogens (tertiary/aromatic N) is 2. The average molecular weight is 302 g/mol. The molecule has 1 aliphatic heterocycles. The van der Waals surface area contributed by atoms with Crippen molar-refractivity contribution in [2.24, 2.45) is 0 Å². The Labute approximate surface area is 120 Å². The van der Waals surface area contributed by atoms with Gasteiger partial charge in [-0.2, -0.15) is 4.31 Å². The molecule has 2 heterocycles. The van der Waals surface area contributed by atoms with Crippen molar-refractivity contribution < 1.29 is 8.42 Å². The van der Waals surface area contributed by atoms with Crippen LogP contribution in [0.15, 0.2) is 16.3 Å². The molecular weight excluding hydrogens is 280 g/mol. The lowest BCUT2D eigenvalue weighted by Crippen LogP contribution is -2.50. The standard InChI is InChI=1S/C13H22N2O2S2/c1-4-11(2)14-7-9-15(10-8-14)19(16,17)13-6-5-12(3)18-13/h5-6,11H,4,7-10H2,1-3H3. The second-order valence-corrected chi connectivity index (χ2v) is 8.52. The summed E-state index contributed by atoms with van der Waals surface area (Å²) in [6, 6.07) is 4.12. The van der Waals surface area contributed by atoms with Gasteiger partial charge in [0.25, 0.3) is 10.0 Å². The molecule has 0 saturated carbocycles. The van der Waals surface area contributed by atoms with Gasteiger partial charge in [-0.3, -0.25) is 4.90 Å². The minimum absolute atomic E-state index is 0.474. The van der Waals surface area contributed by atoms with Crippen molar-refractivity contribution in [3.8, 4) is 0 Å². The van der Waals surface area contributed by atoms with Crippen molar-refractivity contribution >= 4 is 21.4 Å². The van der Waals surface area contributed by atoms with E-state index in [9.17, 15) is 8.42 Å². The van der Waals surface area contributed by atoms with Gasteiger partial charge < -0.3 is 0 Å². The summed E-state index contributed by atoms with van der Waals surface area (Å²) in [5.74, 6) is 0. The normalized spacial score (nSPS) is 20.6. The van der Waals surface area contributed by atoms with E-state index in [0.29, 0.717) is 23.3 Å². The van der Waals surface area contributed by atoms with E-state index in [-0.39, 0.29) is 0 Å². The molecule has 19 heavy (non-hydrogen) atoms. The maximum atomic E-state index is 12.5. The van der Waals surface area contributed by atoms with Gasteiger partial charge in [0.15, 0.2) is 0 Å². The Bertz CT molecular complexity index is 517. The highest BCUT2D eigenvalue weighted by Crippen LogP contribution is 2.25. The lowest BCUT2D eigenvalue weighted by Gasteiger charge is -2.36. The molecule has 0 bridgehead atoms. The molecule has 0 aromatic carbocycles. The fraction of sp³-hybridized carbons (Fsp3) is 0.692. The zero-order chi connectivity index (χ0) is 14.0. The van der Waals surface area contributed by atoms with E-state index >= 15 is 0 Å². The van der Waals surface area contributed by atoms with Crippen molar-refractivity contribution in [2.45, 2.75) is 37.4 Å². The Morgan fingerprint density at radius 1 is 1.26 bits per heavy atom. The van der Waals surface area contributed by atoms with Crippen LogP contribution in [-0.2, 0) is 10.0 Å². The monoisotopic (exact) mass is 302 g/mol. The lowest BCUT2D eigenvalue weighted by atomic mass is 10.2. The molecular formula is C13H22N2O2S2. The van der Waals surface area contributed by atoms with Gasteiger partial charge >= 0.3 is 0 Å². The van der Waals surface area contributed by atoms with Crippen LogP contribution in [0, 0.1) is 6.92 Å². The van der Waals surface area contributed by atoms with Crippen molar-refractivity contribution in [1.29, 1.82) is 0 Å². The van der Waals surface area contributed by atoms with Crippen molar-refractivity contribution in [3.63, 3.8) is 0 Å². The Morgan fingerprint density at radius 2 is 1.89 bits per heavy atom. The van der Waals surface area contributed by atoms with E-state index in [4.69, 9.17) is 0 Å². The Hall–Kier alpha value is -0.430. The molecule has 1 aromatic heterocycles. The maximum absolute atomic E-state index is 12.5. The number of piperazine rings is 1. The molecule has 1 fully saturated rings. The highest BCUT2D eigenvalue weighted by atomic mass is 32.2. The molecule has 0 radical (unpaired) electrons. The number of hydrogen-bond acceptors (Lipinski definition) is 4. The van der Waals surface area contributed by atoms with Gasteiger partial charge in [-0.05, 0) is 32.4 Å². The molecule has 6 heteroatoms. The highest BCUT2D eigenvalue weighted by Gasteiger charge is 2.30. The van der Waals surface area contributed by atoms with Crippen molar-refractivity contribution in [1.82, 2.24) is 9.21 Å². The van der Waals surface area contributed by atoms with Crippen LogP contribution in [0.2, 0.25) is 0 Å². The van der Waals surface area contributed by atoms with E-state index in [1.165, 1.54) is 11.3 Å². The average Bonchev–Trinajstić information content (AvgIpc) is 2.85. The molecule has 0 aliphatic carbocycles. The predicted octanol–water partition coefficient (Wildman–Crippen LogP) is 2.16. The Kier molecular flexibility index (Phi) is 4.66. The summed E-state index contributed by atoms with van der Waals surface area (Å²) in [7, 11) is -3.27. The third-order valence-electron chi connectivity index (χ3n) is 3.80. The summed E-state index contributed by atoms with van der Waals surface area (Å²) < 4.78 is 27.0. The third kappa shape index (κ3) is 3.18. The maximum Gasteiger partial charge on any atom is 0.252 e. The fourth-order valence-corrected chi connectivity index (χ4v) is 5.18. The molecule has 108 valence electrons. The van der Waals surface area contributed by atoms with Crippen molar-refractivity contribution in [2.75, 3.05) is 26.2 Å². The van der Waals surface area contributed by atoms with E-state index in [0.717, 1.165) is 24.4 Å². The summed E-state index contributed by atoms with van der Waals surface area (Å²) in [6.07, 6.45) is 1.11. The van der Waals surface area contributed by atoms with Crippen LogP contribution >= 0.6 is 11.3 Å². The first-order valence-electron chi connectivity index (χ1n) is 6.75. The number of rotatable bonds is 4. The van der Waals surface area contributed by atoms with Gasteiger partial charge in [0.2, 0.25) is 0 Å². The van der Waals surface area contributed by atoms with Crippen LogP contribution in [0.5, 0.6) is 0 Å². The van der Waals surface area contributed by atoms with Crippen LogP contribution in [0.3, 0.4) is 0 Å². The highest BCUT2D eigenvalue weighted by molar-refractivity contribution is 7.91. The van der Waals surface area contributed by atoms with Gasteiger partial charge in [0, 0.05) is 37.1 Å². The molecule has 0 spiro atoms. The largest absolute Gasteiger partial charge is 0.298 e. The van der Waals surface area contributed by atoms with Crippen LogP contribution in [0.25, 0.3) is 0 Å². The topological polar surface area (TPSA) is 40.6 Å². The summed E-state index contributed by atoms with van der Waals surface area (Å²) in [6.45, 7) is 9.17. The first-order valence-corrected chi connectivity index (χ1v) is 9.01. The molecule has 1 saturated heterocycles. The Morgan fingerprint density at radius 3 is 2.37 bits per heavy atom. The second kappa shape index (κ2) is 5.91. The molecule has 4 nitrogen and oxygen atoms in total. The van der Waals surface area contributed by atoms with E-state index in [2.05, 4.69) is 18.7 Å². The Balaban J connectivity index is 2.05. The third-order valence-corrected chi connectivity index (χ3v) is 7.16. The smallest absolute Gasteiger partial charge is 0.252 e. The molecule has 0 amide bonds. The SMILES string of the molecule is CCC(C)N1CCN(S(=O)(=O)c2ccc(C)s2)CC1. The van der Waals surface area contributed by atoms with Crippen LogP contribution in [0.1, 0.15) is 25.1 Å². The first kappa shape index (κ1) is 15.0. The fourth-order valence-electron chi connectivity index (χ4n) is 2.32. The second-order valence-electron chi connectivity index (χ2n) is 5.06. The van der Waals surface area contributed by atoms with Gasteiger partial charge in [-0.1, -0.05) is 6.92 Å². The molecule has 1 aliphatic rings. The number of thiophene rings is 1. The number of sulfonamides is 1. The lowest BCUT2D eigenvalue weighted by molar-refractivity contribution is 0.143. The van der Waals surface area contributed by atoms with E-state index < -0.39 is 10.0 Å². The molecule has 1 unspecified atom stereocenters. The summed E-state index contributed by atoms with van der Waals surface area (Å²) >= 11 is 1.36. The zero-order valence-corrected chi connectivity index (χ0v) is 13.4. The molecule has 2 rings (SSSR count). The minimum Gasteiger partial charge on any atom is -0.298 e. The predicted molar refractivity (Wildman–Crippen MR) is 79.1 cm³/mol. The summed E-state index contributed by atoms with van der Waals surface area (Å²) in [5.41, 5.74) is 0. The number of aryl methyl sites for hydroxylation is 1. The minimum atomic E-state index is -3.27. The first-order chi connectivity index (χ1) is 8.95. The summed E-state index contributed by atoms with van der Waals surface area (Å²) in [5, 5.41) is 0. The van der Waals surface area contributed by atoms with Crippen LogP contribution in [-0.4, -0.2) is 49.8 Å². The van der Waals surface area contributed by atoms with Gasteiger partial charge in [-0.25, -0.2) is 8.42 Å². The number of hydrogen-bond donors (Lipinski definition) is 0. The van der Waals surface area contributed by atoms with Crippen LogP contribution < -0.4 is 0 Å². The van der Waals surface area contributed by atoms with E-state index in [1.807, 2.05) is 13.0 Å². The quantitative estimate of drug-likeness (QED) is 0.856. The van der Waals surface area contributed by atoms with Gasteiger partial charge in [-0.15, -0.1) is 11.3 Å². The summed E-state index contributed by atoms with van der Waals surface area (Å²) in [4.78, 5) is 3.41. The molecule has 0 N–H and O–H groups in total. The van der Waals surface area contributed by atoms with Gasteiger partial charge in [0.05, 0.1) is 0 Å². The van der Waals surface area contributed by atoms with Crippen molar-refractivity contribution in [3.05, 3.63) is 17.0 Å². The molecule has 1 atom stereocenters. The van der Waals surface area contributed by atoms with Gasteiger partial charge in [0.1, 0.15) is 4.21 Å². The zero-order valence-electron chi connectivity index (χ0n) is 11.8. The van der Waals surface area contributed by atoms with E-state index in [1.54, 1.807) is 10.4 Å². The molecule has 1 aromatic rings. The van der Waals surface area contributed by atoms with Crippen LogP contribution in [0.4, 0.5) is 0 Å².